The minimum absolute atomic E-state index is 0.0339. The molecule has 2 heterocycles. The molecular weight excluding hydrogens is 356 g/mol. The smallest absolute Gasteiger partial charge is 0.256 e. The molecule has 0 spiro atoms. The normalized spacial score (nSPS) is 11.2. The Morgan fingerprint density at radius 2 is 1.96 bits per heavy atom. The third kappa shape index (κ3) is 4.25. The quantitative estimate of drug-likeness (QED) is 0.737. The molecule has 0 radical (unpaired) electrons. The van der Waals surface area contributed by atoms with E-state index in [4.69, 9.17) is 4.74 Å². The monoisotopic (exact) mass is 372 g/mol. The van der Waals surface area contributed by atoms with Crippen molar-refractivity contribution in [3.05, 3.63) is 60.4 Å². The van der Waals surface area contributed by atoms with Gasteiger partial charge >= 0.3 is 0 Å². The Hall–Kier alpha value is -3.20. The molecule has 1 amide bonds. The number of carbonyl (C=O) groups excluding carboxylic acids is 1. The fourth-order valence-electron chi connectivity index (χ4n) is 2.15. The molecule has 1 N–H and O–H groups in total. The summed E-state index contributed by atoms with van der Waals surface area (Å²) in [5, 5.41) is 6.75. The van der Waals surface area contributed by atoms with E-state index in [1.165, 1.54) is 18.3 Å². The molecule has 0 saturated heterocycles. The van der Waals surface area contributed by atoms with E-state index in [0.29, 0.717) is 22.9 Å². The number of hydrogen-bond acceptors (Lipinski definition) is 6. The van der Waals surface area contributed by atoms with Crippen LogP contribution in [-0.4, -0.2) is 35.3 Å². The van der Waals surface area contributed by atoms with Gasteiger partial charge in [-0.1, -0.05) is 6.07 Å². The van der Waals surface area contributed by atoms with Crippen LogP contribution < -0.4 is 10.1 Å². The lowest BCUT2D eigenvalue weighted by atomic mass is 10.2. The van der Waals surface area contributed by atoms with Crippen LogP contribution in [0.2, 0.25) is 0 Å². The molecule has 0 aliphatic carbocycles. The molecule has 134 valence electrons. The minimum atomic E-state index is -3.37. The average molecular weight is 372 g/mol. The Morgan fingerprint density at radius 3 is 2.58 bits per heavy atom. The fourth-order valence-corrected chi connectivity index (χ4v) is 2.71. The van der Waals surface area contributed by atoms with Gasteiger partial charge in [-0.2, -0.15) is 5.10 Å². The van der Waals surface area contributed by atoms with Crippen molar-refractivity contribution in [2.45, 2.75) is 5.03 Å². The molecule has 0 fully saturated rings. The van der Waals surface area contributed by atoms with Gasteiger partial charge in [-0.3, -0.25) is 9.48 Å². The Labute approximate surface area is 150 Å². The molecule has 26 heavy (non-hydrogen) atoms. The highest BCUT2D eigenvalue weighted by Crippen LogP contribution is 2.23. The number of aromatic nitrogens is 3. The van der Waals surface area contributed by atoms with E-state index in [9.17, 15) is 13.2 Å². The third-order valence-corrected chi connectivity index (χ3v) is 4.38. The van der Waals surface area contributed by atoms with Crippen LogP contribution in [0.25, 0.3) is 0 Å². The Bertz CT molecular complexity index is 1040. The van der Waals surface area contributed by atoms with E-state index in [0.717, 1.165) is 6.26 Å². The molecule has 3 rings (SSSR count). The number of nitrogens with one attached hydrogen (secondary N) is 1. The molecule has 0 unspecified atom stereocenters. The Morgan fingerprint density at radius 1 is 1.15 bits per heavy atom. The van der Waals surface area contributed by atoms with Crippen LogP contribution in [0.5, 0.6) is 11.5 Å². The first-order valence-electron chi connectivity index (χ1n) is 7.56. The van der Waals surface area contributed by atoms with E-state index < -0.39 is 9.84 Å². The van der Waals surface area contributed by atoms with Crippen LogP contribution in [-0.2, 0) is 16.9 Å². The molecule has 1 aromatic carbocycles. The van der Waals surface area contributed by atoms with Gasteiger partial charge in [0.05, 0.1) is 6.20 Å². The molecule has 0 bridgehead atoms. The average Bonchev–Trinajstić information content (AvgIpc) is 2.99. The van der Waals surface area contributed by atoms with Gasteiger partial charge in [-0.15, -0.1) is 0 Å². The number of nitrogens with zero attached hydrogens (tertiary/aromatic N) is 3. The standard InChI is InChI=1S/C17H16N4O4S/c1-21-9-8-15(20-21)19-17(22)12-4-3-5-13(10-12)25-14-6-7-16(18-11-14)26(2,23)24/h3-11H,1-2H3,(H,19,20,22). The second-order valence-corrected chi connectivity index (χ2v) is 7.53. The van der Waals surface area contributed by atoms with Gasteiger partial charge in [-0.05, 0) is 30.3 Å². The van der Waals surface area contributed by atoms with Gasteiger partial charge in [0.15, 0.2) is 20.7 Å². The van der Waals surface area contributed by atoms with Gasteiger partial charge in [-0.25, -0.2) is 13.4 Å². The number of carbonyl (C=O) groups is 1. The zero-order valence-electron chi connectivity index (χ0n) is 14.1. The van der Waals surface area contributed by atoms with Crippen LogP contribution in [0.3, 0.4) is 0 Å². The predicted octanol–water partition coefficient (Wildman–Crippen LogP) is 2.26. The van der Waals surface area contributed by atoms with E-state index in [2.05, 4.69) is 15.4 Å². The molecule has 9 heteroatoms. The van der Waals surface area contributed by atoms with E-state index in [-0.39, 0.29) is 10.9 Å². The van der Waals surface area contributed by atoms with Crippen LogP contribution in [0.15, 0.2) is 59.9 Å². The number of hydrogen-bond donors (Lipinski definition) is 1. The second kappa shape index (κ2) is 6.96. The van der Waals surface area contributed by atoms with E-state index in [1.54, 1.807) is 48.3 Å². The number of aryl methyl sites for hydroxylation is 1. The lowest BCUT2D eigenvalue weighted by Crippen LogP contribution is -2.12. The van der Waals surface area contributed by atoms with Gasteiger partial charge in [0.25, 0.3) is 5.91 Å². The topological polar surface area (TPSA) is 103 Å². The molecule has 2 aromatic heterocycles. The van der Waals surface area contributed by atoms with Crippen molar-refractivity contribution in [2.75, 3.05) is 11.6 Å². The first-order chi connectivity index (χ1) is 12.3. The predicted molar refractivity (Wildman–Crippen MR) is 95.0 cm³/mol. The van der Waals surface area contributed by atoms with Gasteiger partial charge in [0.2, 0.25) is 0 Å². The summed E-state index contributed by atoms with van der Waals surface area (Å²) in [4.78, 5) is 16.1. The number of sulfone groups is 1. The van der Waals surface area contributed by atoms with Gasteiger partial charge < -0.3 is 10.1 Å². The highest BCUT2D eigenvalue weighted by atomic mass is 32.2. The van der Waals surface area contributed by atoms with Crippen molar-refractivity contribution in [3.63, 3.8) is 0 Å². The van der Waals surface area contributed by atoms with Crippen LogP contribution in [0.1, 0.15) is 10.4 Å². The molecule has 3 aromatic rings. The van der Waals surface area contributed by atoms with Crippen molar-refractivity contribution < 1.29 is 17.9 Å². The largest absolute Gasteiger partial charge is 0.456 e. The van der Waals surface area contributed by atoms with Gasteiger partial charge in [0, 0.05) is 31.1 Å². The zero-order chi connectivity index (χ0) is 18.7. The number of ether oxygens (including phenoxy) is 1. The highest BCUT2D eigenvalue weighted by Gasteiger charge is 2.11. The van der Waals surface area contributed by atoms with Crippen molar-refractivity contribution in [1.29, 1.82) is 0 Å². The summed E-state index contributed by atoms with van der Waals surface area (Å²) in [7, 11) is -1.61. The van der Waals surface area contributed by atoms with Crippen molar-refractivity contribution in [1.82, 2.24) is 14.8 Å². The second-order valence-electron chi connectivity index (χ2n) is 5.56. The number of benzene rings is 1. The number of pyridine rings is 1. The Balaban J connectivity index is 1.73. The number of anilines is 1. The lowest BCUT2D eigenvalue weighted by molar-refractivity contribution is 0.102. The highest BCUT2D eigenvalue weighted by molar-refractivity contribution is 7.90. The number of amides is 1. The summed E-state index contributed by atoms with van der Waals surface area (Å²) >= 11 is 0. The van der Waals surface area contributed by atoms with E-state index in [1.807, 2.05) is 0 Å². The van der Waals surface area contributed by atoms with Crippen molar-refractivity contribution in [2.24, 2.45) is 7.05 Å². The number of rotatable bonds is 5. The van der Waals surface area contributed by atoms with Crippen molar-refractivity contribution >= 4 is 21.6 Å². The SMILES string of the molecule is Cn1ccc(NC(=O)c2cccc(Oc3ccc(S(C)(=O)=O)nc3)c2)n1. The Kier molecular flexibility index (Phi) is 4.72. The summed E-state index contributed by atoms with van der Waals surface area (Å²) in [5.41, 5.74) is 0.397. The summed E-state index contributed by atoms with van der Waals surface area (Å²) in [6, 6.07) is 11.1. The minimum Gasteiger partial charge on any atom is -0.456 e. The molecule has 8 nitrogen and oxygen atoms in total. The molecule has 0 atom stereocenters. The van der Waals surface area contributed by atoms with Crippen molar-refractivity contribution in [3.8, 4) is 11.5 Å². The maximum atomic E-state index is 12.3. The molecule has 0 saturated carbocycles. The fraction of sp³-hybridized carbons (Fsp3) is 0.118. The van der Waals surface area contributed by atoms with Crippen LogP contribution >= 0.6 is 0 Å². The summed E-state index contributed by atoms with van der Waals surface area (Å²) in [6.07, 6.45) is 4.12. The molecule has 0 aliphatic rings. The lowest BCUT2D eigenvalue weighted by Gasteiger charge is -2.08. The summed E-state index contributed by atoms with van der Waals surface area (Å²) < 4.78 is 30.1. The first-order valence-corrected chi connectivity index (χ1v) is 9.45. The van der Waals surface area contributed by atoms with Crippen LogP contribution in [0, 0.1) is 0 Å². The third-order valence-electron chi connectivity index (χ3n) is 3.38. The van der Waals surface area contributed by atoms with Gasteiger partial charge in [0.1, 0.15) is 11.5 Å². The zero-order valence-corrected chi connectivity index (χ0v) is 14.9. The van der Waals surface area contributed by atoms with Crippen LogP contribution in [0.4, 0.5) is 5.82 Å². The first kappa shape index (κ1) is 17.6. The molecular formula is C17H16N4O4S. The summed E-state index contributed by atoms with van der Waals surface area (Å²) in [6.45, 7) is 0. The van der Waals surface area contributed by atoms with E-state index >= 15 is 0 Å². The maximum absolute atomic E-state index is 12.3. The summed E-state index contributed by atoms with van der Waals surface area (Å²) in [5.74, 6) is 0.913. The molecule has 0 aliphatic heterocycles. The maximum Gasteiger partial charge on any atom is 0.256 e.